The summed E-state index contributed by atoms with van der Waals surface area (Å²) in [5.74, 6) is -0.324. The van der Waals surface area contributed by atoms with Gasteiger partial charge in [-0.25, -0.2) is 4.79 Å². The minimum Gasteiger partial charge on any atom is -0.465 e. The first-order valence-corrected chi connectivity index (χ1v) is 6.68. The van der Waals surface area contributed by atoms with Gasteiger partial charge in [0.15, 0.2) is 0 Å². The summed E-state index contributed by atoms with van der Waals surface area (Å²) in [5.41, 5.74) is 5.18. The quantitative estimate of drug-likeness (QED) is 0.743. The van der Waals surface area contributed by atoms with E-state index in [-0.39, 0.29) is 5.97 Å². The largest absolute Gasteiger partial charge is 0.465 e. The van der Waals surface area contributed by atoms with Crippen LogP contribution in [0.25, 0.3) is 11.3 Å². The molecule has 1 aliphatic rings. The maximum absolute atomic E-state index is 11.7. The van der Waals surface area contributed by atoms with Crippen LogP contribution in [0, 0.1) is 0 Å². The zero-order valence-corrected chi connectivity index (χ0v) is 11.6. The summed E-state index contributed by atoms with van der Waals surface area (Å²) in [6, 6.07) is 7.74. The molecule has 2 aromatic rings. The number of aliphatic hydroxyl groups is 1. The summed E-state index contributed by atoms with van der Waals surface area (Å²) in [6.07, 6.45) is 2.46. The van der Waals surface area contributed by atoms with Crippen molar-refractivity contribution in [3.05, 3.63) is 47.2 Å². The molecule has 1 aromatic heterocycles. The number of ether oxygens (including phenoxy) is 1. The third-order valence-corrected chi connectivity index (χ3v) is 3.67. The smallest absolute Gasteiger partial charge is 0.337 e. The van der Waals surface area contributed by atoms with Gasteiger partial charge in [-0.3, -0.25) is 0 Å². The molecule has 0 unspecified atom stereocenters. The van der Waals surface area contributed by atoms with E-state index >= 15 is 0 Å². The van der Waals surface area contributed by atoms with Gasteiger partial charge in [0.1, 0.15) is 0 Å². The molecule has 0 saturated carbocycles. The van der Waals surface area contributed by atoms with Crippen molar-refractivity contribution in [1.29, 1.82) is 0 Å². The molecule has 1 aromatic carbocycles. The second kappa shape index (κ2) is 4.80. The molecule has 0 bridgehead atoms. The van der Waals surface area contributed by atoms with Gasteiger partial charge in [-0.1, -0.05) is 6.07 Å². The molecule has 0 aliphatic heterocycles. The topological polar surface area (TPSA) is 51.5 Å². The number of hydrogen-bond donors (Lipinski definition) is 1. The Balaban J connectivity index is 2.07. The minimum absolute atomic E-state index is 0.324. The van der Waals surface area contributed by atoms with E-state index in [0.717, 1.165) is 17.7 Å². The summed E-state index contributed by atoms with van der Waals surface area (Å²) < 4.78 is 6.82. The van der Waals surface area contributed by atoms with Crippen LogP contribution >= 0.6 is 0 Å². The monoisotopic (exact) mass is 271 g/mol. The lowest BCUT2D eigenvalue weighted by Gasteiger charge is -2.11. The van der Waals surface area contributed by atoms with Gasteiger partial charge in [-0.05, 0) is 36.2 Å². The lowest BCUT2D eigenvalue weighted by molar-refractivity contribution is 0.0600. The Morgan fingerprint density at radius 1 is 1.40 bits per heavy atom. The Morgan fingerprint density at radius 2 is 2.20 bits per heavy atom. The Morgan fingerprint density at radius 3 is 2.90 bits per heavy atom. The maximum atomic E-state index is 11.7. The molecule has 20 heavy (non-hydrogen) atoms. The molecule has 0 saturated heterocycles. The average Bonchev–Trinajstić information content (AvgIpc) is 2.96. The van der Waals surface area contributed by atoms with Gasteiger partial charge in [-0.15, -0.1) is 0 Å². The zero-order chi connectivity index (χ0) is 14.3. The van der Waals surface area contributed by atoms with Crippen LogP contribution in [0.2, 0.25) is 0 Å². The lowest BCUT2D eigenvalue weighted by Crippen LogP contribution is -2.11. The van der Waals surface area contributed by atoms with Gasteiger partial charge in [-0.2, -0.15) is 0 Å². The number of aliphatic hydroxyl groups excluding tert-OH is 1. The number of aromatic nitrogens is 1. The van der Waals surface area contributed by atoms with Gasteiger partial charge in [0.2, 0.25) is 0 Å². The van der Waals surface area contributed by atoms with E-state index in [0.29, 0.717) is 12.1 Å². The summed E-state index contributed by atoms with van der Waals surface area (Å²) >= 11 is 0. The molecule has 1 N–H and O–H groups in total. The van der Waals surface area contributed by atoms with Crippen molar-refractivity contribution >= 4 is 5.97 Å². The molecule has 0 fully saturated rings. The molecule has 0 amide bonds. The van der Waals surface area contributed by atoms with Gasteiger partial charge in [0.05, 0.1) is 24.5 Å². The van der Waals surface area contributed by atoms with E-state index in [2.05, 4.69) is 6.07 Å². The summed E-state index contributed by atoms with van der Waals surface area (Å²) in [7, 11) is 1.39. The van der Waals surface area contributed by atoms with E-state index in [9.17, 15) is 9.90 Å². The van der Waals surface area contributed by atoms with Gasteiger partial charge >= 0.3 is 5.97 Å². The molecule has 1 heterocycles. The highest BCUT2D eigenvalue weighted by molar-refractivity contribution is 5.92. The van der Waals surface area contributed by atoms with E-state index < -0.39 is 6.10 Å². The van der Waals surface area contributed by atoms with Crippen LogP contribution < -0.4 is 0 Å². The van der Waals surface area contributed by atoms with Crippen molar-refractivity contribution in [2.45, 2.75) is 26.0 Å². The number of fused-ring (bicyclic) bond motifs is 3. The summed E-state index contributed by atoms with van der Waals surface area (Å²) in [5, 5.41) is 9.59. The number of carbonyl (C=O) groups excluding carboxylic acids is 1. The third kappa shape index (κ3) is 2.02. The number of methoxy groups -OCH3 is 1. The SMILES string of the molecule is COC(=O)c1ccc2c(c1)-c1c(ccn1C[C@H](C)O)C2. The van der Waals surface area contributed by atoms with Crippen LogP contribution in [-0.4, -0.2) is 28.9 Å². The average molecular weight is 271 g/mol. The first-order valence-electron chi connectivity index (χ1n) is 6.68. The summed E-state index contributed by atoms with van der Waals surface area (Å²) in [4.78, 5) is 11.7. The second-order valence-electron chi connectivity index (χ2n) is 5.23. The fraction of sp³-hybridized carbons (Fsp3) is 0.312. The Labute approximate surface area is 117 Å². The van der Waals surface area contributed by atoms with E-state index in [1.165, 1.54) is 18.2 Å². The molecule has 1 atom stereocenters. The Kier molecular flexibility index (Phi) is 3.10. The van der Waals surface area contributed by atoms with E-state index in [1.807, 2.05) is 22.9 Å². The van der Waals surface area contributed by atoms with Crippen LogP contribution in [0.3, 0.4) is 0 Å². The van der Waals surface area contributed by atoms with Gasteiger partial charge in [0.25, 0.3) is 0 Å². The molecule has 4 heteroatoms. The van der Waals surface area contributed by atoms with Crippen molar-refractivity contribution in [1.82, 2.24) is 4.57 Å². The Bertz CT molecular complexity index is 670. The van der Waals surface area contributed by atoms with Gasteiger partial charge < -0.3 is 14.4 Å². The highest BCUT2D eigenvalue weighted by Gasteiger charge is 2.23. The van der Waals surface area contributed by atoms with Crippen molar-refractivity contribution in [3.63, 3.8) is 0 Å². The van der Waals surface area contributed by atoms with Crippen LogP contribution in [0.15, 0.2) is 30.5 Å². The first-order chi connectivity index (χ1) is 9.60. The fourth-order valence-corrected chi connectivity index (χ4v) is 2.83. The normalized spacial score (nSPS) is 13.8. The predicted molar refractivity (Wildman–Crippen MR) is 75.7 cm³/mol. The first kappa shape index (κ1) is 12.9. The van der Waals surface area contributed by atoms with E-state index in [1.54, 1.807) is 13.0 Å². The number of nitrogens with zero attached hydrogens (tertiary/aromatic N) is 1. The second-order valence-corrected chi connectivity index (χ2v) is 5.23. The predicted octanol–water partition coefficient (Wildman–Crippen LogP) is 2.23. The Hall–Kier alpha value is -2.07. The molecule has 104 valence electrons. The number of benzene rings is 1. The highest BCUT2D eigenvalue weighted by atomic mass is 16.5. The van der Waals surface area contributed by atoms with Crippen LogP contribution in [0.1, 0.15) is 28.4 Å². The van der Waals surface area contributed by atoms with Crippen molar-refractivity contribution < 1.29 is 14.6 Å². The van der Waals surface area contributed by atoms with Crippen LogP contribution in [-0.2, 0) is 17.7 Å². The fourth-order valence-electron chi connectivity index (χ4n) is 2.83. The van der Waals surface area contributed by atoms with Crippen molar-refractivity contribution in [2.24, 2.45) is 0 Å². The third-order valence-electron chi connectivity index (χ3n) is 3.67. The highest BCUT2D eigenvalue weighted by Crippen LogP contribution is 2.38. The molecular formula is C16H17NO3. The van der Waals surface area contributed by atoms with Crippen molar-refractivity contribution in [2.75, 3.05) is 7.11 Å². The molecule has 0 radical (unpaired) electrons. The molecule has 0 spiro atoms. The standard InChI is InChI=1S/C16H17NO3/c1-10(18)9-17-6-5-12-7-11-3-4-13(16(19)20-2)8-14(11)15(12)17/h3-6,8,10,18H,7,9H2,1-2H3/t10-/m0/s1. The van der Waals surface area contributed by atoms with E-state index in [4.69, 9.17) is 4.74 Å². The molecule has 3 rings (SSSR count). The van der Waals surface area contributed by atoms with Crippen LogP contribution in [0.4, 0.5) is 0 Å². The zero-order valence-electron chi connectivity index (χ0n) is 11.6. The number of esters is 1. The number of carbonyl (C=O) groups is 1. The summed E-state index contributed by atoms with van der Waals surface area (Å²) in [6.45, 7) is 2.32. The molecule has 4 nitrogen and oxygen atoms in total. The molecular weight excluding hydrogens is 254 g/mol. The maximum Gasteiger partial charge on any atom is 0.337 e. The number of rotatable bonds is 3. The number of hydrogen-bond acceptors (Lipinski definition) is 3. The molecule has 1 aliphatic carbocycles. The van der Waals surface area contributed by atoms with Crippen molar-refractivity contribution in [3.8, 4) is 11.3 Å². The van der Waals surface area contributed by atoms with Crippen LogP contribution in [0.5, 0.6) is 0 Å². The minimum atomic E-state index is -0.403. The van der Waals surface area contributed by atoms with Gasteiger partial charge in [0, 0.05) is 24.7 Å². The lowest BCUT2D eigenvalue weighted by atomic mass is 10.1.